The second kappa shape index (κ2) is 6.24. The van der Waals surface area contributed by atoms with Crippen molar-refractivity contribution in [3.05, 3.63) is 59.7 Å². The molecule has 0 heterocycles. The van der Waals surface area contributed by atoms with Gasteiger partial charge in [-0.3, -0.25) is 0 Å². The Kier molecular flexibility index (Phi) is 4.41. The van der Waals surface area contributed by atoms with Gasteiger partial charge < -0.3 is 10.6 Å². The minimum absolute atomic E-state index is 0.230. The SMILES string of the molecule is Cc1ccc(NC(=O)Nc2ccc(C(C)C)cc2)cc1. The van der Waals surface area contributed by atoms with Crippen molar-refractivity contribution < 1.29 is 4.79 Å². The lowest BCUT2D eigenvalue weighted by Gasteiger charge is -2.09. The van der Waals surface area contributed by atoms with Crippen LogP contribution in [0, 0.1) is 6.92 Å². The summed E-state index contributed by atoms with van der Waals surface area (Å²) in [6, 6.07) is 15.4. The largest absolute Gasteiger partial charge is 0.323 e. The van der Waals surface area contributed by atoms with Crippen LogP contribution in [0.4, 0.5) is 16.2 Å². The van der Waals surface area contributed by atoms with Gasteiger partial charge in [0.1, 0.15) is 0 Å². The first-order valence-corrected chi connectivity index (χ1v) is 6.79. The zero-order valence-electron chi connectivity index (χ0n) is 12.1. The summed E-state index contributed by atoms with van der Waals surface area (Å²) in [7, 11) is 0. The molecule has 0 aliphatic heterocycles. The van der Waals surface area contributed by atoms with Gasteiger partial charge in [0.15, 0.2) is 0 Å². The Balaban J connectivity index is 1.95. The van der Waals surface area contributed by atoms with Crippen LogP contribution in [0.2, 0.25) is 0 Å². The summed E-state index contributed by atoms with van der Waals surface area (Å²) in [5.41, 5.74) is 4.00. The molecule has 0 bridgehead atoms. The molecule has 0 radical (unpaired) electrons. The maximum atomic E-state index is 11.9. The fourth-order valence-electron chi connectivity index (χ4n) is 1.88. The predicted octanol–water partition coefficient (Wildman–Crippen LogP) is 4.76. The maximum Gasteiger partial charge on any atom is 0.323 e. The smallest absolute Gasteiger partial charge is 0.308 e. The van der Waals surface area contributed by atoms with Crippen LogP contribution < -0.4 is 10.6 Å². The molecule has 2 aromatic rings. The van der Waals surface area contributed by atoms with Gasteiger partial charge in [0.25, 0.3) is 0 Å². The van der Waals surface area contributed by atoms with E-state index in [0.717, 1.165) is 11.4 Å². The van der Waals surface area contributed by atoms with Gasteiger partial charge in [0, 0.05) is 11.4 Å². The van der Waals surface area contributed by atoms with E-state index in [0.29, 0.717) is 5.92 Å². The molecule has 0 saturated heterocycles. The quantitative estimate of drug-likeness (QED) is 0.827. The van der Waals surface area contributed by atoms with Gasteiger partial charge in [-0.15, -0.1) is 0 Å². The molecule has 0 atom stereocenters. The number of amides is 2. The first kappa shape index (κ1) is 14.1. The Morgan fingerprint density at radius 1 is 0.850 bits per heavy atom. The molecule has 0 aromatic heterocycles. The molecule has 2 N–H and O–H groups in total. The summed E-state index contributed by atoms with van der Waals surface area (Å²) in [4.78, 5) is 11.9. The highest BCUT2D eigenvalue weighted by Crippen LogP contribution is 2.17. The lowest BCUT2D eigenvalue weighted by atomic mass is 10.0. The standard InChI is InChI=1S/C17H20N2O/c1-12(2)14-6-10-16(11-7-14)19-17(20)18-15-8-4-13(3)5-9-15/h4-12H,1-3H3,(H2,18,19,20). The summed E-state index contributed by atoms with van der Waals surface area (Å²) < 4.78 is 0. The third-order valence-electron chi connectivity index (χ3n) is 3.14. The number of urea groups is 1. The zero-order valence-corrected chi connectivity index (χ0v) is 12.1. The van der Waals surface area contributed by atoms with Crippen LogP contribution in [0.1, 0.15) is 30.9 Å². The highest BCUT2D eigenvalue weighted by Gasteiger charge is 2.03. The average molecular weight is 268 g/mol. The highest BCUT2D eigenvalue weighted by atomic mass is 16.2. The number of benzene rings is 2. The first-order valence-electron chi connectivity index (χ1n) is 6.79. The van der Waals surface area contributed by atoms with E-state index < -0.39 is 0 Å². The van der Waals surface area contributed by atoms with E-state index in [1.165, 1.54) is 11.1 Å². The fourth-order valence-corrected chi connectivity index (χ4v) is 1.88. The minimum Gasteiger partial charge on any atom is -0.308 e. The number of aryl methyl sites for hydroxylation is 1. The number of anilines is 2. The van der Waals surface area contributed by atoms with Crippen molar-refractivity contribution in [3.8, 4) is 0 Å². The number of carbonyl (C=O) groups excluding carboxylic acids is 1. The second-order valence-electron chi connectivity index (χ2n) is 5.22. The summed E-state index contributed by atoms with van der Waals surface area (Å²) >= 11 is 0. The Bertz CT molecular complexity index is 571. The van der Waals surface area contributed by atoms with E-state index in [4.69, 9.17) is 0 Å². The summed E-state index contributed by atoms with van der Waals surface area (Å²) in [5.74, 6) is 0.491. The summed E-state index contributed by atoms with van der Waals surface area (Å²) in [6.07, 6.45) is 0. The van der Waals surface area contributed by atoms with Crippen LogP contribution in [0.15, 0.2) is 48.5 Å². The van der Waals surface area contributed by atoms with Crippen molar-refractivity contribution >= 4 is 17.4 Å². The highest BCUT2D eigenvalue weighted by molar-refractivity contribution is 5.99. The Hall–Kier alpha value is -2.29. The van der Waals surface area contributed by atoms with Crippen LogP contribution in [-0.2, 0) is 0 Å². The summed E-state index contributed by atoms with van der Waals surface area (Å²) in [6.45, 7) is 6.30. The Morgan fingerprint density at radius 3 is 1.75 bits per heavy atom. The van der Waals surface area contributed by atoms with E-state index in [2.05, 4.69) is 24.5 Å². The van der Waals surface area contributed by atoms with E-state index in [-0.39, 0.29) is 6.03 Å². The second-order valence-corrected chi connectivity index (χ2v) is 5.22. The van der Waals surface area contributed by atoms with Gasteiger partial charge in [0.05, 0.1) is 0 Å². The predicted molar refractivity (Wildman–Crippen MR) is 84.4 cm³/mol. The normalized spacial score (nSPS) is 10.4. The third kappa shape index (κ3) is 3.85. The van der Waals surface area contributed by atoms with E-state index in [1.807, 2.05) is 55.5 Å². The van der Waals surface area contributed by atoms with Crippen LogP contribution >= 0.6 is 0 Å². The number of rotatable bonds is 3. The maximum absolute atomic E-state index is 11.9. The van der Waals surface area contributed by atoms with Gasteiger partial charge in [-0.2, -0.15) is 0 Å². The number of hydrogen-bond donors (Lipinski definition) is 2. The van der Waals surface area contributed by atoms with Gasteiger partial charge in [-0.05, 0) is 42.7 Å². The molecule has 2 aromatic carbocycles. The molecule has 0 spiro atoms. The van der Waals surface area contributed by atoms with Crippen molar-refractivity contribution in [1.82, 2.24) is 0 Å². The molecular weight excluding hydrogens is 248 g/mol. The van der Waals surface area contributed by atoms with Gasteiger partial charge in [0.2, 0.25) is 0 Å². The summed E-state index contributed by atoms with van der Waals surface area (Å²) in [5, 5.41) is 5.63. The van der Waals surface area contributed by atoms with Crippen LogP contribution in [-0.4, -0.2) is 6.03 Å². The molecule has 2 rings (SSSR count). The van der Waals surface area contributed by atoms with Crippen molar-refractivity contribution in [2.75, 3.05) is 10.6 Å². The van der Waals surface area contributed by atoms with Gasteiger partial charge in [-0.1, -0.05) is 43.7 Å². The number of carbonyl (C=O) groups is 1. The van der Waals surface area contributed by atoms with Crippen LogP contribution in [0.5, 0.6) is 0 Å². The average Bonchev–Trinajstić information content (AvgIpc) is 2.42. The van der Waals surface area contributed by atoms with Gasteiger partial charge >= 0.3 is 6.03 Å². The van der Waals surface area contributed by atoms with Crippen LogP contribution in [0.25, 0.3) is 0 Å². The Labute approximate surface area is 120 Å². The van der Waals surface area contributed by atoms with Gasteiger partial charge in [-0.25, -0.2) is 4.79 Å². The van der Waals surface area contributed by atoms with E-state index in [9.17, 15) is 4.79 Å². The van der Waals surface area contributed by atoms with Crippen molar-refractivity contribution in [2.24, 2.45) is 0 Å². The van der Waals surface area contributed by atoms with Crippen molar-refractivity contribution in [1.29, 1.82) is 0 Å². The van der Waals surface area contributed by atoms with Crippen molar-refractivity contribution in [3.63, 3.8) is 0 Å². The fraction of sp³-hybridized carbons (Fsp3) is 0.235. The van der Waals surface area contributed by atoms with E-state index >= 15 is 0 Å². The molecule has 0 saturated carbocycles. The topological polar surface area (TPSA) is 41.1 Å². The Morgan fingerprint density at radius 2 is 1.30 bits per heavy atom. The number of hydrogen-bond acceptors (Lipinski definition) is 1. The molecule has 20 heavy (non-hydrogen) atoms. The van der Waals surface area contributed by atoms with E-state index in [1.54, 1.807) is 0 Å². The number of nitrogens with one attached hydrogen (secondary N) is 2. The zero-order chi connectivity index (χ0) is 14.5. The molecule has 3 heteroatoms. The molecule has 3 nitrogen and oxygen atoms in total. The molecule has 0 fully saturated rings. The molecule has 0 aliphatic rings. The van der Waals surface area contributed by atoms with Crippen LogP contribution in [0.3, 0.4) is 0 Å². The monoisotopic (exact) mass is 268 g/mol. The molecule has 104 valence electrons. The molecule has 2 amide bonds. The molecular formula is C17H20N2O. The molecule has 0 aliphatic carbocycles. The van der Waals surface area contributed by atoms with Crippen molar-refractivity contribution in [2.45, 2.75) is 26.7 Å². The third-order valence-corrected chi connectivity index (χ3v) is 3.14. The minimum atomic E-state index is -0.230. The first-order chi connectivity index (χ1) is 9.54. The molecule has 0 unspecified atom stereocenters. The lowest BCUT2D eigenvalue weighted by molar-refractivity contribution is 0.262. The lowest BCUT2D eigenvalue weighted by Crippen LogP contribution is -2.19.